The van der Waals surface area contributed by atoms with Crippen molar-refractivity contribution in [2.45, 2.75) is 32.2 Å². The maximum absolute atomic E-state index is 12.8. The van der Waals surface area contributed by atoms with Crippen LogP contribution in [0.2, 0.25) is 0 Å². The smallest absolute Gasteiger partial charge is 0.277 e. The molecule has 21 heavy (non-hydrogen) atoms. The number of unbranched alkanes of at least 4 members (excludes halogenated alkanes) is 1. The lowest BCUT2D eigenvalue weighted by Crippen LogP contribution is -2.14. The number of anilines is 1. The summed E-state index contributed by atoms with van der Waals surface area (Å²) in [6.07, 6.45) is 4.04. The van der Waals surface area contributed by atoms with E-state index in [1.807, 2.05) is 0 Å². The van der Waals surface area contributed by atoms with E-state index in [2.05, 4.69) is 17.2 Å². The van der Waals surface area contributed by atoms with Gasteiger partial charge < -0.3 is 15.5 Å². The Kier molecular flexibility index (Phi) is 5.05. The van der Waals surface area contributed by atoms with Crippen LogP contribution in [0.1, 0.15) is 48.6 Å². The number of hydrogen-bond acceptors (Lipinski definition) is 4. The number of hydrogen-bond donors (Lipinski definition) is 2. The molecule has 0 spiro atoms. The lowest BCUT2D eigenvalue weighted by atomic mass is 10.1. The minimum absolute atomic E-state index is 0.154. The van der Waals surface area contributed by atoms with Gasteiger partial charge in [-0.3, -0.25) is 4.79 Å². The minimum atomic E-state index is -0.417. The molecule has 1 heterocycles. The van der Waals surface area contributed by atoms with Crippen LogP contribution < -0.4 is 11.1 Å². The molecule has 5 nitrogen and oxygen atoms in total. The van der Waals surface area contributed by atoms with E-state index < -0.39 is 5.91 Å². The molecule has 0 aliphatic rings. The Morgan fingerprint density at radius 1 is 1.43 bits per heavy atom. The average Bonchev–Trinajstić information content (AvgIpc) is 2.97. The van der Waals surface area contributed by atoms with Crippen molar-refractivity contribution in [3.05, 3.63) is 47.9 Å². The van der Waals surface area contributed by atoms with E-state index in [0.29, 0.717) is 11.6 Å². The van der Waals surface area contributed by atoms with E-state index in [0.717, 1.165) is 19.3 Å². The molecule has 112 valence electrons. The number of halogens is 1. The summed E-state index contributed by atoms with van der Waals surface area (Å²) < 4.78 is 18.0. The third kappa shape index (κ3) is 4.13. The molecule has 1 aromatic heterocycles. The van der Waals surface area contributed by atoms with Gasteiger partial charge >= 0.3 is 0 Å². The first-order valence-electron chi connectivity index (χ1n) is 6.88. The Labute approximate surface area is 122 Å². The van der Waals surface area contributed by atoms with Crippen molar-refractivity contribution in [1.82, 2.24) is 4.98 Å². The second kappa shape index (κ2) is 6.99. The molecular formula is C15H18FN3O2. The van der Waals surface area contributed by atoms with Crippen LogP contribution in [-0.4, -0.2) is 10.9 Å². The molecule has 1 amide bonds. The molecule has 3 N–H and O–H groups in total. The fourth-order valence-electron chi connectivity index (χ4n) is 1.84. The summed E-state index contributed by atoms with van der Waals surface area (Å²) in [6, 6.07) is 5.18. The van der Waals surface area contributed by atoms with Gasteiger partial charge in [-0.15, -0.1) is 0 Å². The largest absolute Gasteiger partial charge is 0.446 e. The maximum Gasteiger partial charge on any atom is 0.277 e. The Morgan fingerprint density at radius 3 is 2.81 bits per heavy atom. The van der Waals surface area contributed by atoms with Crippen LogP contribution in [0.5, 0.6) is 0 Å². The molecule has 0 fully saturated rings. The fourth-order valence-corrected chi connectivity index (χ4v) is 1.84. The molecule has 0 aliphatic heterocycles. The number of amides is 1. The molecule has 2 rings (SSSR count). The molecule has 0 bridgehead atoms. The molecule has 1 atom stereocenters. The number of nitrogens with zero attached hydrogens (tertiary/aromatic N) is 1. The molecule has 0 saturated carbocycles. The monoisotopic (exact) mass is 291 g/mol. The minimum Gasteiger partial charge on any atom is -0.446 e. The number of benzene rings is 1. The molecule has 0 radical (unpaired) electrons. The summed E-state index contributed by atoms with van der Waals surface area (Å²) in [5.74, 6) is -0.425. The Morgan fingerprint density at radius 2 is 2.14 bits per heavy atom. The van der Waals surface area contributed by atoms with Crippen LogP contribution in [0, 0.1) is 5.82 Å². The van der Waals surface area contributed by atoms with E-state index in [9.17, 15) is 9.18 Å². The fraction of sp³-hybridized carbons (Fsp3) is 0.333. The number of aromatic nitrogens is 1. The predicted octanol–water partition coefficient (Wildman–Crippen LogP) is 3.26. The van der Waals surface area contributed by atoms with Crippen molar-refractivity contribution >= 4 is 11.6 Å². The van der Waals surface area contributed by atoms with Gasteiger partial charge in [0, 0.05) is 5.69 Å². The summed E-state index contributed by atoms with van der Waals surface area (Å²) in [6.45, 7) is 2.07. The summed E-state index contributed by atoms with van der Waals surface area (Å²) in [4.78, 5) is 16.1. The highest BCUT2D eigenvalue weighted by Crippen LogP contribution is 2.17. The number of oxazole rings is 1. The number of rotatable bonds is 6. The summed E-state index contributed by atoms with van der Waals surface area (Å²) in [7, 11) is 0. The van der Waals surface area contributed by atoms with E-state index in [1.165, 1.54) is 30.5 Å². The number of nitrogens with one attached hydrogen (secondary N) is 1. The van der Waals surface area contributed by atoms with E-state index in [4.69, 9.17) is 10.2 Å². The highest BCUT2D eigenvalue weighted by Gasteiger charge is 2.16. The van der Waals surface area contributed by atoms with Gasteiger partial charge in [-0.1, -0.05) is 19.8 Å². The number of carbonyl (C=O) groups excluding carboxylic acids is 1. The Hall–Kier alpha value is -2.21. The van der Waals surface area contributed by atoms with Crippen LogP contribution in [-0.2, 0) is 0 Å². The van der Waals surface area contributed by atoms with Crippen LogP contribution >= 0.6 is 0 Å². The molecule has 0 aliphatic carbocycles. The summed E-state index contributed by atoms with van der Waals surface area (Å²) in [5.41, 5.74) is 6.58. The highest BCUT2D eigenvalue weighted by atomic mass is 19.1. The SMILES string of the molecule is CCCCC(N)c1nc(C(=O)Nc2ccc(F)cc2)co1. The van der Waals surface area contributed by atoms with Gasteiger partial charge in [0.15, 0.2) is 5.69 Å². The van der Waals surface area contributed by atoms with Crippen LogP contribution in [0.25, 0.3) is 0 Å². The quantitative estimate of drug-likeness (QED) is 0.856. The lowest BCUT2D eigenvalue weighted by Gasteiger charge is -2.05. The second-order valence-electron chi connectivity index (χ2n) is 4.78. The van der Waals surface area contributed by atoms with E-state index in [1.54, 1.807) is 0 Å². The first-order valence-corrected chi connectivity index (χ1v) is 6.88. The van der Waals surface area contributed by atoms with Crippen molar-refractivity contribution in [3.63, 3.8) is 0 Å². The second-order valence-corrected chi connectivity index (χ2v) is 4.78. The highest BCUT2D eigenvalue weighted by molar-refractivity contribution is 6.02. The van der Waals surface area contributed by atoms with E-state index >= 15 is 0 Å². The van der Waals surface area contributed by atoms with Gasteiger partial charge in [-0.25, -0.2) is 9.37 Å². The summed E-state index contributed by atoms with van der Waals surface area (Å²) >= 11 is 0. The third-order valence-corrected chi connectivity index (χ3v) is 3.04. The molecule has 6 heteroatoms. The molecular weight excluding hydrogens is 273 g/mol. The van der Waals surface area contributed by atoms with Gasteiger partial charge in [-0.2, -0.15) is 0 Å². The number of carbonyl (C=O) groups is 1. The van der Waals surface area contributed by atoms with Crippen LogP contribution in [0.3, 0.4) is 0 Å². The predicted molar refractivity (Wildman–Crippen MR) is 77.3 cm³/mol. The molecule has 1 unspecified atom stereocenters. The Bertz CT molecular complexity index is 595. The van der Waals surface area contributed by atoms with Gasteiger partial charge in [0.25, 0.3) is 5.91 Å². The Balaban J connectivity index is 2.00. The summed E-state index contributed by atoms with van der Waals surface area (Å²) in [5, 5.41) is 2.61. The van der Waals surface area contributed by atoms with Crippen molar-refractivity contribution in [1.29, 1.82) is 0 Å². The van der Waals surface area contributed by atoms with Crippen LogP contribution in [0.4, 0.5) is 10.1 Å². The zero-order valence-corrected chi connectivity index (χ0v) is 11.8. The standard InChI is InChI=1S/C15H18FN3O2/c1-2-3-4-12(17)15-19-13(9-21-15)14(20)18-11-7-5-10(16)6-8-11/h5-9,12H,2-4,17H2,1H3,(H,18,20). The first kappa shape index (κ1) is 15.2. The van der Waals surface area contributed by atoms with Crippen LogP contribution in [0.15, 0.2) is 34.9 Å². The van der Waals surface area contributed by atoms with Crippen molar-refractivity contribution in [2.75, 3.05) is 5.32 Å². The first-order chi connectivity index (χ1) is 10.1. The number of nitrogens with two attached hydrogens (primary N) is 1. The zero-order chi connectivity index (χ0) is 15.2. The van der Waals surface area contributed by atoms with Gasteiger partial charge in [0.2, 0.25) is 5.89 Å². The van der Waals surface area contributed by atoms with Crippen molar-refractivity contribution < 1.29 is 13.6 Å². The average molecular weight is 291 g/mol. The normalized spacial score (nSPS) is 12.1. The van der Waals surface area contributed by atoms with Crippen molar-refractivity contribution in [2.24, 2.45) is 5.73 Å². The van der Waals surface area contributed by atoms with Gasteiger partial charge in [0.1, 0.15) is 12.1 Å². The maximum atomic E-state index is 12.8. The molecule has 0 saturated heterocycles. The zero-order valence-electron chi connectivity index (χ0n) is 11.8. The van der Waals surface area contributed by atoms with Crippen molar-refractivity contribution in [3.8, 4) is 0 Å². The van der Waals surface area contributed by atoms with E-state index in [-0.39, 0.29) is 17.6 Å². The topological polar surface area (TPSA) is 81.1 Å². The van der Waals surface area contributed by atoms with Gasteiger partial charge in [-0.05, 0) is 30.7 Å². The molecule has 2 aromatic rings. The molecule has 1 aromatic carbocycles. The lowest BCUT2D eigenvalue weighted by molar-refractivity contribution is 0.102. The third-order valence-electron chi connectivity index (χ3n) is 3.04. The van der Waals surface area contributed by atoms with Gasteiger partial charge in [0.05, 0.1) is 6.04 Å².